The van der Waals surface area contributed by atoms with Crippen molar-refractivity contribution in [3.63, 3.8) is 0 Å². The van der Waals surface area contributed by atoms with Gasteiger partial charge in [-0.25, -0.2) is 9.59 Å². The lowest BCUT2D eigenvalue weighted by molar-refractivity contribution is -0.141. The van der Waals surface area contributed by atoms with Crippen molar-refractivity contribution in [1.29, 1.82) is 0 Å². The number of carbonyl (C=O) groups is 3. The van der Waals surface area contributed by atoms with E-state index in [9.17, 15) is 14.4 Å². The van der Waals surface area contributed by atoms with Gasteiger partial charge in [0.2, 0.25) is 0 Å². The molecule has 1 saturated heterocycles. The van der Waals surface area contributed by atoms with Crippen LogP contribution in [0.15, 0.2) is 48.5 Å². The Kier molecular flexibility index (Phi) is 3.92. The lowest BCUT2D eigenvalue weighted by Crippen LogP contribution is -2.42. The Morgan fingerprint density at radius 1 is 1.19 bits per heavy atom. The van der Waals surface area contributed by atoms with Crippen molar-refractivity contribution in [2.75, 3.05) is 6.54 Å². The van der Waals surface area contributed by atoms with E-state index in [1.165, 1.54) is 6.07 Å². The van der Waals surface area contributed by atoms with E-state index < -0.39 is 30.0 Å². The van der Waals surface area contributed by atoms with Gasteiger partial charge < -0.3 is 10.1 Å². The molecule has 1 atom stereocenters. The van der Waals surface area contributed by atoms with Crippen molar-refractivity contribution in [3.05, 3.63) is 64.7 Å². The Hall–Kier alpha value is -2.86. The molecule has 0 aromatic heterocycles. The Balaban J connectivity index is 1.53. The van der Waals surface area contributed by atoms with Gasteiger partial charge in [-0.3, -0.25) is 9.69 Å². The highest BCUT2D eigenvalue weighted by molar-refractivity contribution is 6.30. The van der Waals surface area contributed by atoms with Crippen molar-refractivity contribution in [3.8, 4) is 5.75 Å². The third kappa shape index (κ3) is 2.63. The topological polar surface area (TPSA) is 75.7 Å². The zero-order valence-electron chi connectivity index (χ0n) is 13.7. The van der Waals surface area contributed by atoms with E-state index in [1.54, 1.807) is 18.2 Å². The number of rotatable bonds is 3. The first-order valence-electron chi connectivity index (χ1n) is 8.18. The molecule has 6 nitrogen and oxygen atoms in total. The number of carbonyl (C=O) groups excluding carboxylic acids is 3. The van der Waals surface area contributed by atoms with E-state index in [2.05, 4.69) is 5.32 Å². The minimum absolute atomic E-state index is 0.260. The van der Waals surface area contributed by atoms with Gasteiger partial charge in [-0.15, -0.1) is 0 Å². The molecular weight excluding hydrogens is 356 g/mol. The third-order valence-electron chi connectivity index (χ3n) is 4.74. The molecule has 132 valence electrons. The van der Waals surface area contributed by atoms with E-state index >= 15 is 0 Å². The van der Waals surface area contributed by atoms with Crippen molar-refractivity contribution < 1.29 is 19.1 Å². The van der Waals surface area contributed by atoms with Crippen LogP contribution in [0.1, 0.15) is 17.5 Å². The van der Waals surface area contributed by atoms with Crippen LogP contribution in [0.3, 0.4) is 0 Å². The Labute approximate surface area is 154 Å². The number of ether oxygens (including phenoxy) is 1. The van der Waals surface area contributed by atoms with Gasteiger partial charge in [0.1, 0.15) is 17.8 Å². The van der Waals surface area contributed by atoms with E-state index in [0.717, 1.165) is 16.0 Å². The smallest absolute Gasteiger partial charge is 0.331 e. The fourth-order valence-corrected chi connectivity index (χ4v) is 3.74. The number of amides is 3. The predicted molar refractivity (Wildman–Crippen MR) is 93.8 cm³/mol. The molecule has 1 fully saturated rings. The summed E-state index contributed by atoms with van der Waals surface area (Å²) < 4.78 is 5.18. The van der Waals surface area contributed by atoms with E-state index in [4.69, 9.17) is 16.3 Å². The summed E-state index contributed by atoms with van der Waals surface area (Å²) in [7, 11) is 0. The average molecular weight is 371 g/mol. The number of hydrogen-bond donors (Lipinski definition) is 1. The summed E-state index contributed by atoms with van der Waals surface area (Å²) in [5.41, 5.74) is 0.748. The first-order valence-corrected chi connectivity index (χ1v) is 8.56. The van der Waals surface area contributed by atoms with Crippen LogP contribution >= 0.6 is 11.6 Å². The van der Waals surface area contributed by atoms with Gasteiger partial charge in [-0.1, -0.05) is 41.9 Å². The molecule has 1 spiro atoms. The summed E-state index contributed by atoms with van der Waals surface area (Å²) in [6.07, 6.45) is 1.18. The van der Waals surface area contributed by atoms with Gasteiger partial charge >= 0.3 is 12.0 Å². The van der Waals surface area contributed by atoms with Gasteiger partial charge in [0.15, 0.2) is 0 Å². The fraction of sp³-hybridized carbons (Fsp3) is 0.211. The van der Waals surface area contributed by atoms with E-state index in [-0.39, 0.29) is 5.75 Å². The highest BCUT2D eigenvalue weighted by Crippen LogP contribution is 2.41. The molecule has 1 N–H and O–H groups in total. The van der Waals surface area contributed by atoms with Crippen LogP contribution in [-0.4, -0.2) is 29.4 Å². The summed E-state index contributed by atoms with van der Waals surface area (Å²) in [5.74, 6) is -0.870. The molecule has 2 aromatic carbocycles. The zero-order chi connectivity index (χ0) is 18.3. The molecule has 26 heavy (non-hydrogen) atoms. The number of esters is 1. The van der Waals surface area contributed by atoms with Crippen LogP contribution in [-0.2, 0) is 21.5 Å². The molecule has 7 heteroatoms. The molecule has 1 heterocycles. The van der Waals surface area contributed by atoms with Crippen molar-refractivity contribution in [2.24, 2.45) is 0 Å². The fourth-order valence-electron chi connectivity index (χ4n) is 3.56. The Bertz CT molecular complexity index is 929. The minimum Gasteiger partial charge on any atom is -0.425 e. The van der Waals surface area contributed by atoms with Gasteiger partial charge in [-0.05, 0) is 42.2 Å². The van der Waals surface area contributed by atoms with Crippen molar-refractivity contribution in [1.82, 2.24) is 10.2 Å². The molecular formula is C19H15ClN2O4. The van der Waals surface area contributed by atoms with Gasteiger partial charge in [0.05, 0.1) is 0 Å². The van der Waals surface area contributed by atoms with Crippen molar-refractivity contribution in [2.45, 2.75) is 18.4 Å². The molecule has 4 rings (SSSR count). The molecule has 2 aromatic rings. The Morgan fingerprint density at radius 2 is 2.00 bits per heavy atom. The Morgan fingerprint density at radius 3 is 2.81 bits per heavy atom. The molecule has 0 bridgehead atoms. The second-order valence-corrected chi connectivity index (χ2v) is 6.75. The summed E-state index contributed by atoms with van der Waals surface area (Å²) in [6.45, 7) is -0.457. The number of urea groups is 1. The second kappa shape index (κ2) is 6.14. The number of hydrogen-bond acceptors (Lipinski definition) is 4. The molecule has 1 unspecified atom stereocenters. The third-order valence-corrected chi connectivity index (χ3v) is 4.97. The second-order valence-electron chi connectivity index (χ2n) is 6.32. The van der Waals surface area contributed by atoms with E-state index in [0.29, 0.717) is 17.9 Å². The lowest BCUT2D eigenvalue weighted by atomic mass is 9.92. The van der Waals surface area contributed by atoms with Crippen LogP contribution in [0.2, 0.25) is 5.02 Å². The van der Waals surface area contributed by atoms with Crippen LogP contribution in [0, 0.1) is 0 Å². The molecule has 3 amide bonds. The van der Waals surface area contributed by atoms with Crippen LogP contribution in [0.5, 0.6) is 5.75 Å². The number of nitrogens with one attached hydrogen (secondary N) is 1. The average Bonchev–Trinajstić information content (AvgIpc) is 3.09. The standard InChI is InChI=1S/C19H15ClN2O4/c20-13-5-3-6-14(10-13)26-16(23)11-22-17(24)19(21-18(22)25)9-8-12-4-1-2-7-15(12)19/h1-7,10H,8-9,11H2,(H,21,25). The first kappa shape index (κ1) is 16.6. The van der Waals surface area contributed by atoms with Crippen LogP contribution in [0.4, 0.5) is 4.79 Å². The summed E-state index contributed by atoms with van der Waals surface area (Å²) in [6, 6.07) is 13.3. The number of imide groups is 1. The molecule has 1 aliphatic heterocycles. The quantitative estimate of drug-likeness (QED) is 0.512. The van der Waals surface area contributed by atoms with Crippen LogP contribution in [0.25, 0.3) is 0 Å². The molecule has 0 radical (unpaired) electrons. The number of halogens is 1. The first-order chi connectivity index (χ1) is 12.5. The van der Waals surface area contributed by atoms with E-state index in [1.807, 2.05) is 24.3 Å². The highest BCUT2D eigenvalue weighted by Gasteiger charge is 2.55. The maximum absolute atomic E-state index is 13.0. The monoisotopic (exact) mass is 370 g/mol. The minimum atomic E-state index is -1.08. The summed E-state index contributed by atoms with van der Waals surface area (Å²) in [5, 5.41) is 3.20. The maximum Gasteiger partial charge on any atom is 0.331 e. The van der Waals surface area contributed by atoms with Gasteiger partial charge in [-0.2, -0.15) is 0 Å². The number of aryl methyl sites for hydroxylation is 1. The normalized spacial score (nSPS) is 21.0. The highest BCUT2D eigenvalue weighted by atomic mass is 35.5. The summed E-state index contributed by atoms with van der Waals surface area (Å²) in [4.78, 5) is 38.4. The number of fused-ring (bicyclic) bond motifs is 2. The van der Waals surface area contributed by atoms with Crippen LogP contribution < -0.4 is 10.1 Å². The lowest BCUT2D eigenvalue weighted by Gasteiger charge is -2.22. The largest absolute Gasteiger partial charge is 0.425 e. The number of nitrogens with zero attached hydrogens (tertiary/aromatic N) is 1. The SMILES string of the molecule is O=C(CN1C(=O)NC2(CCc3ccccc32)C1=O)Oc1cccc(Cl)c1. The van der Waals surface area contributed by atoms with Gasteiger partial charge in [0, 0.05) is 5.02 Å². The predicted octanol–water partition coefficient (Wildman–Crippen LogP) is 2.64. The van der Waals surface area contributed by atoms with Crippen molar-refractivity contribution >= 4 is 29.5 Å². The maximum atomic E-state index is 13.0. The zero-order valence-corrected chi connectivity index (χ0v) is 14.5. The molecule has 2 aliphatic rings. The molecule has 0 saturated carbocycles. The summed E-state index contributed by atoms with van der Waals surface area (Å²) >= 11 is 5.85. The number of benzene rings is 2. The molecule has 1 aliphatic carbocycles. The van der Waals surface area contributed by atoms with Gasteiger partial charge in [0.25, 0.3) is 5.91 Å².